The van der Waals surface area contributed by atoms with Crippen molar-refractivity contribution in [2.24, 2.45) is 0 Å². The average Bonchev–Trinajstić information content (AvgIpc) is 2.56. The van der Waals surface area contributed by atoms with Gasteiger partial charge in [0.15, 0.2) is 0 Å². The fourth-order valence-electron chi connectivity index (χ4n) is 3.57. The first kappa shape index (κ1) is 12.2. The van der Waals surface area contributed by atoms with Crippen LogP contribution in [0.25, 0.3) is 32.3 Å². The molecule has 1 aliphatic rings. The van der Waals surface area contributed by atoms with E-state index in [1.807, 2.05) is 0 Å². The molecule has 1 nitrogen and oxygen atoms in total. The van der Waals surface area contributed by atoms with Gasteiger partial charge in [-0.25, -0.2) is 0 Å². The molecule has 0 radical (unpaired) electrons. The van der Waals surface area contributed by atoms with Crippen LogP contribution < -0.4 is 0 Å². The Balaban J connectivity index is 1.84. The van der Waals surface area contributed by atoms with Crippen LogP contribution in [0.1, 0.15) is 11.1 Å². The minimum Gasteiger partial charge on any atom is -0.376 e. The van der Waals surface area contributed by atoms with E-state index in [2.05, 4.69) is 60.7 Å². The molecule has 0 bridgehead atoms. The van der Waals surface area contributed by atoms with Crippen LogP contribution in [0.15, 0.2) is 60.7 Å². The van der Waals surface area contributed by atoms with Gasteiger partial charge in [0, 0.05) is 0 Å². The molecule has 1 heterocycles. The Bertz CT molecular complexity index is 947. The van der Waals surface area contributed by atoms with Gasteiger partial charge < -0.3 is 4.74 Å². The topological polar surface area (TPSA) is 9.23 Å². The normalized spacial score (nSPS) is 14.5. The van der Waals surface area contributed by atoms with Crippen LogP contribution in [-0.2, 0) is 17.8 Å². The van der Waals surface area contributed by atoms with Crippen molar-refractivity contribution < 1.29 is 4.74 Å². The van der Waals surface area contributed by atoms with Gasteiger partial charge in [0.1, 0.15) is 0 Å². The van der Waals surface area contributed by atoms with Gasteiger partial charge in [-0.2, -0.15) is 0 Å². The molecule has 0 aliphatic carbocycles. The first-order chi connectivity index (χ1) is 10.9. The summed E-state index contributed by atoms with van der Waals surface area (Å²) in [4.78, 5) is 0. The molecule has 4 aromatic rings. The third kappa shape index (κ3) is 1.83. The lowest BCUT2D eigenvalue weighted by molar-refractivity contribution is 0.111. The summed E-state index contributed by atoms with van der Waals surface area (Å²) in [5.74, 6) is 0. The van der Waals surface area contributed by atoms with Gasteiger partial charge in [-0.3, -0.25) is 0 Å². The van der Waals surface area contributed by atoms with Gasteiger partial charge in [-0.1, -0.05) is 30.3 Å². The Kier molecular flexibility index (Phi) is 2.53. The Morgan fingerprint density at radius 3 is 1.82 bits per heavy atom. The van der Waals surface area contributed by atoms with E-state index in [-0.39, 0.29) is 0 Å². The predicted molar refractivity (Wildman–Crippen MR) is 92.3 cm³/mol. The molecule has 0 aromatic heterocycles. The largest absolute Gasteiger partial charge is 0.376 e. The molecule has 1 heteroatoms. The molecule has 0 saturated carbocycles. The van der Waals surface area contributed by atoms with Crippen molar-refractivity contribution in [3.05, 3.63) is 71.8 Å². The van der Waals surface area contributed by atoms with Crippen LogP contribution in [0.3, 0.4) is 0 Å². The van der Waals surface area contributed by atoms with Crippen LogP contribution in [0, 0.1) is 0 Å². The maximum absolute atomic E-state index is 5.59. The molecular weight excluding hydrogens is 268 g/mol. The Morgan fingerprint density at radius 2 is 1.14 bits per heavy atom. The molecule has 22 heavy (non-hydrogen) atoms. The van der Waals surface area contributed by atoms with E-state index in [9.17, 15) is 0 Å². The van der Waals surface area contributed by atoms with Gasteiger partial charge in [0.05, 0.1) is 13.2 Å². The minimum absolute atomic E-state index is 0.751. The summed E-state index contributed by atoms with van der Waals surface area (Å²) in [6.45, 7) is 1.59. The van der Waals surface area contributed by atoms with Crippen molar-refractivity contribution in [2.45, 2.75) is 13.0 Å². The maximum Gasteiger partial charge on any atom is 0.0719 e. The number of hydrogen-bond acceptors (Lipinski definition) is 1. The summed E-state index contributed by atoms with van der Waals surface area (Å²) in [5.41, 5.74) is 2.79. The molecular formula is C21H16O. The Morgan fingerprint density at radius 1 is 0.591 bits per heavy atom. The first-order valence-electron chi connectivity index (χ1n) is 7.83. The van der Waals surface area contributed by atoms with Crippen molar-refractivity contribution >= 4 is 32.3 Å². The minimum atomic E-state index is 0.751. The highest BCUT2D eigenvalue weighted by Gasteiger charge is 2.11. The summed E-state index contributed by atoms with van der Waals surface area (Å²) in [7, 11) is 0. The highest BCUT2D eigenvalue weighted by molar-refractivity contribution is 6.04. The van der Waals surface area contributed by atoms with Crippen LogP contribution in [0.2, 0.25) is 0 Å². The van der Waals surface area contributed by atoms with Gasteiger partial charge in [-0.05, 0) is 80.2 Å². The molecule has 0 N–H and O–H groups in total. The van der Waals surface area contributed by atoms with Crippen molar-refractivity contribution in [1.82, 2.24) is 0 Å². The second-order valence-electron chi connectivity index (χ2n) is 6.17. The number of benzene rings is 4. The number of fused-ring (bicyclic) bond motifs is 4. The molecule has 0 unspecified atom stereocenters. The number of rotatable bonds is 0. The molecule has 0 saturated heterocycles. The molecule has 4 aromatic carbocycles. The predicted octanol–water partition coefficient (Wildman–Crippen LogP) is 5.22. The molecule has 0 atom stereocenters. The molecule has 0 fully saturated rings. The van der Waals surface area contributed by atoms with Crippen molar-refractivity contribution in [3.63, 3.8) is 0 Å². The summed E-state index contributed by atoms with van der Waals surface area (Å²) in [6.07, 6.45) is 1.03. The number of hydrogen-bond donors (Lipinski definition) is 0. The van der Waals surface area contributed by atoms with Crippen LogP contribution in [0.4, 0.5) is 0 Å². The van der Waals surface area contributed by atoms with Crippen molar-refractivity contribution in [2.75, 3.05) is 6.61 Å². The second-order valence-corrected chi connectivity index (χ2v) is 6.17. The lowest BCUT2D eigenvalue weighted by atomic mass is 9.95. The van der Waals surface area contributed by atoms with Gasteiger partial charge in [-0.15, -0.1) is 0 Å². The van der Waals surface area contributed by atoms with Crippen LogP contribution >= 0.6 is 0 Å². The zero-order chi connectivity index (χ0) is 14.5. The smallest absolute Gasteiger partial charge is 0.0719 e. The zero-order valence-corrected chi connectivity index (χ0v) is 12.3. The molecule has 1 aliphatic heterocycles. The Hall–Kier alpha value is -2.38. The van der Waals surface area contributed by atoms with Gasteiger partial charge in [0.25, 0.3) is 0 Å². The highest BCUT2D eigenvalue weighted by atomic mass is 16.5. The SMILES string of the molecule is c1ccc2cc3cc4cc5c(cc4cc3cc2c1)CCOC5. The third-order valence-electron chi connectivity index (χ3n) is 4.75. The molecule has 0 amide bonds. The number of ether oxygens (including phenoxy) is 1. The Labute approximate surface area is 129 Å². The van der Waals surface area contributed by atoms with E-state index in [0.717, 1.165) is 19.6 Å². The monoisotopic (exact) mass is 284 g/mol. The third-order valence-corrected chi connectivity index (χ3v) is 4.75. The van der Waals surface area contributed by atoms with Gasteiger partial charge >= 0.3 is 0 Å². The fraction of sp³-hybridized carbons (Fsp3) is 0.143. The van der Waals surface area contributed by atoms with E-state index < -0.39 is 0 Å². The maximum atomic E-state index is 5.59. The fourth-order valence-corrected chi connectivity index (χ4v) is 3.57. The zero-order valence-electron chi connectivity index (χ0n) is 12.3. The van der Waals surface area contributed by atoms with Crippen molar-refractivity contribution in [3.8, 4) is 0 Å². The van der Waals surface area contributed by atoms with E-state index in [4.69, 9.17) is 4.74 Å². The standard InChI is InChI=1S/C21H16O/c1-2-4-15-8-18-11-20-12-21-13-22-6-5-16(21)9-19(20)10-17(18)7-14(15)3-1/h1-4,7-12H,5-6,13H2. The van der Waals surface area contributed by atoms with E-state index in [1.165, 1.54) is 43.4 Å². The van der Waals surface area contributed by atoms with E-state index in [1.54, 1.807) is 0 Å². The summed E-state index contributed by atoms with van der Waals surface area (Å²) < 4.78 is 5.59. The average molecular weight is 284 g/mol. The quantitative estimate of drug-likeness (QED) is 0.402. The summed E-state index contributed by atoms with van der Waals surface area (Å²) >= 11 is 0. The highest BCUT2D eigenvalue weighted by Crippen LogP contribution is 2.30. The van der Waals surface area contributed by atoms with Crippen molar-refractivity contribution in [1.29, 1.82) is 0 Å². The van der Waals surface area contributed by atoms with Crippen LogP contribution in [0.5, 0.6) is 0 Å². The van der Waals surface area contributed by atoms with Gasteiger partial charge in [0.2, 0.25) is 0 Å². The van der Waals surface area contributed by atoms with E-state index in [0.29, 0.717) is 0 Å². The van der Waals surface area contributed by atoms with Crippen LogP contribution in [-0.4, -0.2) is 6.61 Å². The molecule has 0 spiro atoms. The molecule has 5 rings (SSSR count). The summed E-state index contributed by atoms with van der Waals surface area (Å²) in [5, 5.41) is 7.88. The summed E-state index contributed by atoms with van der Waals surface area (Å²) in [6, 6.07) is 22.4. The lowest BCUT2D eigenvalue weighted by Crippen LogP contribution is -2.09. The lowest BCUT2D eigenvalue weighted by Gasteiger charge is -2.17. The second kappa shape index (κ2) is 4.56. The van der Waals surface area contributed by atoms with E-state index >= 15 is 0 Å². The first-order valence-corrected chi connectivity index (χ1v) is 7.83. The molecule has 106 valence electrons.